The van der Waals surface area contributed by atoms with Crippen molar-refractivity contribution in [3.8, 4) is 11.3 Å². The molecule has 0 saturated carbocycles. The Kier molecular flexibility index (Phi) is 3.62. The quantitative estimate of drug-likeness (QED) is 0.807. The molecule has 0 bridgehead atoms. The van der Waals surface area contributed by atoms with Crippen molar-refractivity contribution in [1.29, 1.82) is 0 Å². The molecule has 1 saturated heterocycles. The number of ether oxygens (including phenoxy) is 1. The number of hydrogen-bond donors (Lipinski definition) is 1. The Bertz CT molecular complexity index is 757. The highest BCUT2D eigenvalue weighted by Gasteiger charge is 2.10. The Morgan fingerprint density at radius 2 is 1.82 bits per heavy atom. The van der Waals surface area contributed by atoms with Crippen molar-refractivity contribution < 1.29 is 4.74 Å². The summed E-state index contributed by atoms with van der Waals surface area (Å²) in [6.45, 7) is 4.72. The standard InChI is InChI=1S/C18H19N3O/c1-3-15(17-6-5-16-7-8-19-18(16)20-17)4-2-14(1)13-21-9-11-22-12-10-21/h1-8H,9-13H2,(H,19,20). The lowest BCUT2D eigenvalue weighted by atomic mass is 10.1. The lowest BCUT2D eigenvalue weighted by Gasteiger charge is -2.26. The number of rotatable bonds is 3. The van der Waals surface area contributed by atoms with Crippen molar-refractivity contribution in [2.45, 2.75) is 6.54 Å². The van der Waals surface area contributed by atoms with Crippen LogP contribution in [0.4, 0.5) is 0 Å². The van der Waals surface area contributed by atoms with Gasteiger partial charge in [0, 0.05) is 36.8 Å². The number of aromatic nitrogens is 2. The molecule has 1 aromatic carbocycles. The molecule has 22 heavy (non-hydrogen) atoms. The molecule has 4 heteroatoms. The van der Waals surface area contributed by atoms with Gasteiger partial charge in [-0.3, -0.25) is 4.90 Å². The fourth-order valence-electron chi connectivity index (χ4n) is 2.89. The van der Waals surface area contributed by atoms with Gasteiger partial charge in [0.2, 0.25) is 0 Å². The van der Waals surface area contributed by atoms with Gasteiger partial charge in [-0.25, -0.2) is 4.98 Å². The Labute approximate surface area is 129 Å². The maximum absolute atomic E-state index is 5.39. The Balaban J connectivity index is 1.53. The van der Waals surface area contributed by atoms with E-state index in [1.54, 1.807) is 0 Å². The van der Waals surface area contributed by atoms with E-state index in [1.807, 2.05) is 12.3 Å². The van der Waals surface area contributed by atoms with Crippen LogP contribution in [0.1, 0.15) is 5.56 Å². The third-order valence-electron chi connectivity index (χ3n) is 4.17. The second-order valence-corrected chi connectivity index (χ2v) is 5.70. The van der Waals surface area contributed by atoms with E-state index in [2.05, 4.69) is 51.3 Å². The van der Waals surface area contributed by atoms with Crippen LogP contribution in [-0.4, -0.2) is 41.2 Å². The molecule has 1 fully saturated rings. The molecule has 3 aromatic rings. The van der Waals surface area contributed by atoms with Gasteiger partial charge < -0.3 is 9.72 Å². The van der Waals surface area contributed by atoms with E-state index < -0.39 is 0 Å². The fourth-order valence-corrected chi connectivity index (χ4v) is 2.89. The number of pyridine rings is 1. The summed E-state index contributed by atoms with van der Waals surface area (Å²) >= 11 is 0. The Morgan fingerprint density at radius 3 is 2.64 bits per heavy atom. The van der Waals surface area contributed by atoms with Crippen molar-refractivity contribution >= 4 is 11.0 Å². The molecule has 0 aliphatic carbocycles. The van der Waals surface area contributed by atoms with Crippen molar-refractivity contribution in [3.05, 3.63) is 54.2 Å². The van der Waals surface area contributed by atoms with Crippen LogP contribution in [0.5, 0.6) is 0 Å². The van der Waals surface area contributed by atoms with Crippen LogP contribution >= 0.6 is 0 Å². The second kappa shape index (κ2) is 5.91. The van der Waals surface area contributed by atoms with Crippen LogP contribution in [0.2, 0.25) is 0 Å². The molecule has 1 aliphatic heterocycles. The van der Waals surface area contributed by atoms with Crippen LogP contribution in [0.3, 0.4) is 0 Å². The Hall–Kier alpha value is -2.17. The van der Waals surface area contributed by atoms with E-state index in [-0.39, 0.29) is 0 Å². The van der Waals surface area contributed by atoms with Gasteiger partial charge in [0.1, 0.15) is 5.65 Å². The molecule has 4 nitrogen and oxygen atoms in total. The summed E-state index contributed by atoms with van der Waals surface area (Å²) in [5, 5.41) is 1.15. The van der Waals surface area contributed by atoms with Crippen LogP contribution in [0.25, 0.3) is 22.3 Å². The first-order chi connectivity index (χ1) is 10.9. The zero-order valence-electron chi connectivity index (χ0n) is 12.5. The van der Waals surface area contributed by atoms with E-state index in [0.717, 1.165) is 55.1 Å². The first-order valence-corrected chi connectivity index (χ1v) is 7.72. The third-order valence-corrected chi connectivity index (χ3v) is 4.17. The number of H-pyrrole nitrogens is 1. The SMILES string of the molecule is c1cc2ccc(-c3ccc(CN4CCOCC4)cc3)nc2[nH]1. The van der Waals surface area contributed by atoms with Gasteiger partial charge in [-0.1, -0.05) is 24.3 Å². The first kappa shape index (κ1) is 13.5. The van der Waals surface area contributed by atoms with Crippen LogP contribution in [0.15, 0.2) is 48.7 Å². The zero-order valence-corrected chi connectivity index (χ0v) is 12.5. The second-order valence-electron chi connectivity index (χ2n) is 5.70. The minimum absolute atomic E-state index is 0.845. The van der Waals surface area contributed by atoms with Gasteiger partial charge in [-0.2, -0.15) is 0 Å². The average molecular weight is 293 g/mol. The molecular formula is C18H19N3O. The molecular weight excluding hydrogens is 274 g/mol. The summed E-state index contributed by atoms with van der Waals surface area (Å²) in [6.07, 6.45) is 1.92. The molecule has 1 aliphatic rings. The molecule has 1 N–H and O–H groups in total. The highest BCUT2D eigenvalue weighted by Crippen LogP contribution is 2.21. The van der Waals surface area contributed by atoms with E-state index in [0.29, 0.717) is 0 Å². The number of benzene rings is 1. The summed E-state index contributed by atoms with van der Waals surface area (Å²) in [4.78, 5) is 10.3. The molecule has 2 aromatic heterocycles. The van der Waals surface area contributed by atoms with Gasteiger partial charge in [0.05, 0.1) is 18.9 Å². The predicted molar refractivity (Wildman–Crippen MR) is 87.6 cm³/mol. The lowest BCUT2D eigenvalue weighted by Crippen LogP contribution is -2.35. The number of aromatic amines is 1. The molecule has 0 radical (unpaired) electrons. The van der Waals surface area contributed by atoms with Crippen molar-refractivity contribution in [2.24, 2.45) is 0 Å². The molecule has 112 valence electrons. The molecule has 0 atom stereocenters. The third kappa shape index (κ3) is 2.75. The number of hydrogen-bond acceptors (Lipinski definition) is 3. The van der Waals surface area contributed by atoms with Gasteiger partial charge in [-0.15, -0.1) is 0 Å². The number of morpholine rings is 1. The van der Waals surface area contributed by atoms with Gasteiger partial charge in [-0.05, 0) is 23.8 Å². The Morgan fingerprint density at radius 1 is 1.00 bits per heavy atom. The first-order valence-electron chi connectivity index (χ1n) is 7.72. The largest absolute Gasteiger partial charge is 0.379 e. The summed E-state index contributed by atoms with van der Waals surface area (Å²) < 4.78 is 5.39. The summed E-state index contributed by atoms with van der Waals surface area (Å²) in [5.41, 5.74) is 4.44. The van der Waals surface area contributed by atoms with Crippen molar-refractivity contribution in [2.75, 3.05) is 26.3 Å². The lowest BCUT2D eigenvalue weighted by molar-refractivity contribution is 0.0342. The number of fused-ring (bicyclic) bond motifs is 1. The van der Waals surface area contributed by atoms with E-state index in [4.69, 9.17) is 4.74 Å². The van der Waals surface area contributed by atoms with Crippen molar-refractivity contribution in [3.63, 3.8) is 0 Å². The van der Waals surface area contributed by atoms with Gasteiger partial charge in [0.15, 0.2) is 0 Å². The number of nitrogens with one attached hydrogen (secondary N) is 1. The monoisotopic (exact) mass is 293 g/mol. The molecule has 4 rings (SSSR count). The van der Waals surface area contributed by atoms with Crippen LogP contribution < -0.4 is 0 Å². The summed E-state index contributed by atoms with van der Waals surface area (Å²) in [5.74, 6) is 0. The summed E-state index contributed by atoms with van der Waals surface area (Å²) in [6, 6.07) is 14.9. The minimum atomic E-state index is 0.845. The van der Waals surface area contributed by atoms with E-state index >= 15 is 0 Å². The van der Waals surface area contributed by atoms with E-state index in [1.165, 1.54) is 5.56 Å². The topological polar surface area (TPSA) is 41.1 Å². The van der Waals surface area contributed by atoms with Gasteiger partial charge >= 0.3 is 0 Å². The highest BCUT2D eigenvalue weighted by molar-refractivity contribution is 5.78. The average Bonchev–Trinajstić information content (AvgIpc) is 3.04. The normalized spacial score (nSPS) is 16.2. The highest BCUT2D eigenvalue weighted by atomic mass is 16.5. The molecule has 0 spiro atoms. The maximum atomic E-state index is 5.39. The zero-order chi connectivity index (χ0) is 14.8. The molecule has 3 heterocycles. The van der Waals surface area contributed by atoms with Crippen molar-refractivity contribution in [1.82, 2.24) is 14.9 Å². The van der Waals surface area contributed by atoms with Gasteiger partial charge in [0.25, 0.3) is 0 Å². The van der Waals surface area contributed by atoms with E-state index in [9.17, 15) is 0 Å². The minimum Gasteiger partial charge on any atom is -0.379 e. The predicted octanol–water partition coefficient (Wildman–Crippen LogP) is 3.06. The molecule has 0 unspecified atom stereocenters. The van der Waals surface area contributed by atoms with Crippen LogP contribution in [0, 0.1) is 0 Å². The maximum Gasteiger partial charge on any atom is 0.137 e. The number of nitrogens with zero attached hydrogens (tertiary/aromatic N) is 2. The summed E-state index contributed by atoms with van der Waals surface area (Å²) in [7, 11) is 0. The fraction of sp³-hybridized carbons (Fsp3) is 0.278. The van der Waals surface area contributed by atoms with Crippen LogP contribution in [-0.2, 0) is 11.3 Å². The molecule has 0 amide bonds. The smallest absolute Gasteiger partial charge is 0.137 e.